The number of hydrogen-bond donors (Lipinski definition) is 0. The van der Waals surface area contributed by atoms with Gasteiger partial charge in [0.05, 0.1) is 0 Å². The summed E-state index contributed by atoms with van der Waals surface area (Å²) in [7, 11) is 0. The second kappa shape index (κ2) is 0.559. The first-order chi connectivity index (χ1) is 2.30. The molecule has 0 amide bonds. The third-order valence-electron chi connectivity index (χ3n) is 0.570. The van der Waals surface area contributed by atoms with Crippen LogP contribution in [0.25, 0.3) is 0 Å². The summed E-state index contributed by atoms with van der Waals surface area (Å²) >= 11 is 0. The molecule has 5 heavy (non-hydrogen) atoms. The Morgan fingerprint density at radius 3 is 2.20 bits per heavy atom. The predicted molar refractivity (Wildman–Crippen MR) is 14.5 cm³/mol. The number of Topliss-reactive ketones (excluding diaryl/α,β-unsaturated/α-hetero) is 1. The molecule has 1 saturated carbocycles. The van der Waals surface area contributed by atoms with E-state index in [1.807, 2.05) is 0 Å². The third-order valence-corrected chi connectivity index (χ3v) is 0.570. The number of halogens is 1. The van der Waals surface area contributed by atoms with E-state index in [1.165, 1.54) is 0 Å². The van der Waals surface area contributed by atoms with Crippen molar-refractivity contribution in [2.45, 2.75) is 12.6 Å². The van der Waals surface area contributed by atoms with Gasteiger partial charge in [-0.15, -0.1) is 0 Å². The highest BCUT2D eigenvalue weighted by atomic mass is 19.1. The molecule has 0 radical (unpaired) electrons. The highest BCUT2D eigenvalue weighted by molar-refractivity contribution is 5.98. The van der Waals surface area contributed by atoms with E-state index in [0.29, 0.717) is 0 Å². The zero-order valence-electron chi connectivity index (χ0n) is 2.57. The summed E-state index contributed by atoms with van der Waals surface area (Å²) in [5.74, 6) is -0.245. The molecule has 28 valence electrons. The van der Waals surface area contributed by atoms with Gasteiger partial charge in [0.25, 0.3) is 0 Å². The van der Waals surface area contributed by atoms with Crippen LogP contribution in [0.15, 0.2) is 0 Å². The predicted octanol–water partition coefficient (Wildman–Crippen LogP) is 0.297. The maximum Gasteiger partial charge on any atom is 0.170 e. The minimum Gasteiger partial charge on any atom is -0.296 e. The molecule has 0 aromatic heterocycles. The van der Waals surface area contributed by atoms with Crippen molar-refractivity contribution in [3.63, 3.8) is 0 Å². The van der Waals surface area contributed by atoms with Gasteiger partial charge in [0.15, 0.2) is 12.0 Å². The second-order valence-corrected chi connectivity index (χ2v) is 1.14. The first-order valence-corrected chi connectivity index (χ1v) is 1.47. The summed E-state index contributed by atoms with van der Waals surface area (Å²) in [6.07, 6.45) is -0.921. The van der Waals surface area contributed by atoms with Gasteiger partial charge in [0.2, 0.25) is 0 Å². The van der Waals surface area contributed by atoms with Crippen LogP contribution in [0.4, 0.5) is 4.39 Å². The molecule has 0 heterocycles. The largest absolute Gasteiger partial charge is 0.296 e. The number of carbonyl (C=O) groups is 1. The Hall–Kier alpha value is -0.400. The van der Waals surface area contributed by atoms with E-state index in [1.54, 1.807) is 0 Å². The van der Waals surface area contributed by atoms with Crippen LogP contribution in [0, 0.1) is 0 Å². The summed E-state index contributed by atoms with van der Waals surface area (Å²) in [5.41, 5.74) is 0. The Morgan fingerprint density at radius 2 is 2.20 bits per heavy atom. The second-order valence-electron chi connectivity index (χ2n) is 1.14. The molecule has 1 nitrogen and oxygen atoms in total. The molecule has 1 aliphatic rings. The van der Waals surface area contributed by atoms with Crippen LogP contribution in [0.1, 0.15) is 6.42 Å². The number of carbonyl (C=O) groups excluding carboxylic acids is 1. The Labute approximate surface area is 28.8 Å². The van der Waals surface area contributed by atoms with E-state index in [2.05, 4.69) is 0 Å². The maximum absolute atomic E-state index is 11.2. The summed E-state index contributed by atoms with van der Waals surface area (Å²) < 4.78 is 11.2. The van der Waals surface area contributed by atoms with Crippen molar-refractivity contribution in [3.05, 3.63) is 0 Å². The van der Waals surface area contributed by atoms with Crippen LogP contribution in [0.2, 0.25) is 0 Å². The van der Waals surface area contributed by atoms with E-state index in [4.69, 9.17) is 0 Å². The zero-order valence-corrected chi connectivity index (χ0v) is 2.57. The normalized spacial score (nSPS) is 34.6. The molecule has 0 saturated heterocycles. The Morgan fingerprint density at radius 1 is 2.00 bits per heavy atom. The standard InChI is InChI=1S/C3H3FO/c4-2-1-3(2)5/h2H,1H2/t2-/m1/s1. The lowest BCUT2D eigenvalue weighted by molar-refractivity contribution is -0.111. The topological polar surface area (TPSA) is 17.1 Å². The first-order valence-electron chi connectivity index (χ1n) is 1.47. The van der Waals surface area contributed by atoms with Gasteiger partial charge in [-0.05, 0) is 0 Å². The fraction of sp³-hybridized carbons (Fsp3) is 0.667. The summed E-state index contributed by atoms with van der Waals surface area (Å²) in [4.78, 5) is 9.51. The number of ketones is 1. The van der Waals surface area contributed by atoms with Gasteiger partial charge in [0.1, 0.15) is 0 Å². The zero-order chi connectivity index (χ0) is 3.86. The highest BCUT2D eigenvalue weighted by Gasteiger charge is 2.34. The van der Waals surface area contributed by atoms with Gasteiger partial charge in [-0.2, -0.15) is 0 Å². The number of hydrogen-bond acceptors (Lipinski definition) is 1. The molecule has 0 bridgehead atoms. The van der Waals surface area contributed by atoms with Crippen molar-refractivity contribution in [2.24, 2.45) is 0 Å². The van der Waals surface area contributed by atoms with Crippen molar-refractivity contribution in [1.82, 2.24) is 0 Å². The molecule has 0 aromatic rings. The molecule has 0 spiro atoms. The van der Waals surface area contributed by atoms with Crippen molar-refractivity contribution < 1.29 is 9.18 Å². The van der Waals surface area contributed by atoms with E-state index in [0.717, 1.165) is 0 Å². The Bertz CT molecular complexity index is 69.3. The van der Waals surface area contributed by atoms with Crippen LogP contribution < -0.4 is 0 Å². The molecular formula is C3H3FO. The van der Waals surface area contributed by atoms with Crippen LogP contribution >= 0.6 is 0 Å². The van der Waals surface area contributed by atoms with Crippen molar-refractivity contribution in [2.75, 3.05) is 0 Å². The molecule has 2 heteroatoms. The SMILES string of the molecule is O=C1C[C@H]1F. The molecule has 1 fully saturated rings. The molecule has 1 atom stereocenters. The van der Waals surface area contributed by atoms with E-state index in [9.17, 15) is 9.18 Å². The average molecular weight is 74.1 g/mol. The lowest BCUT2D eigenvalue weighted by Crippen LogP contribution is -1.65. The van der Waals surface area contributed by atoms with Crippen molar-refractivity contribution in [3.8, 4) is 0 Å². The monoisotopic (exact) mass is 74.0 g/mol. The van der Waals surface area contributed by atoms with E-state index < -0.39 is 6.17 Å². The Balaban J connectivity index is 2.47. The molecule has 0 aromatic carbocycles. The average Bonchev–Trinajstić information content (AvgIpc) is 1.79. The Kier molecular flexibility index (Phi) is 0.315. The summed E-state index contributed by atoms with van der Waals surface area (Å²) in [6, 6.07) is 0. The number of alkyl halides is 1. The highest BCUT2D eigenvalue weighted by Crippen LogP contribution is 2.16. The van der Waals surface area contributed by atoms with Crippen LogP contribution in [-0.2, 0) is 4.79 Å². The molecule has 1 aliphatic carbocycles. The first kappa shape index (κ1) is 2.82. The van der Waals surface area contributed by atoms with Gasteiger partial charge in [-0.1, -0.05) is 0 Å². The van der Waals surface area contributed by atoms with E-state index >= 15 is 0 Å². The number of rotatable bonds is 0. The van der Waals surface area contributed by atoms with Crippen LogP contribution in [-0.4, -0.2) is 12.0 Å². The molecule has 1 rings (SSSR count). The fourth-order valence-corrected chi connectivity index (χ4v) is 0.118. The molecule has 0 aliphatic heterocycles. The third kappa shape index (κ3) is 0.294. The van der Waals surface area contributed by atoms with Gasteiger partial charge in [-0.25, -0.2) is 4.39 Å². The van der Waals surface area contributed by atoms with Crippen molar-refractivity contribution in [1.29, 1.82) is 0 Å². The lowest BCUT2D eigenvalue weighted by Gasteiger charge is -1.49. The van der Waals surface area contributed by atoms with Gasteiger partial charge in [-0.3, -0.25) is 4.79 Å². The van der Waals surface area contributed by atoms with E-state index in [-0.39, 0.29) is 12.2 Å². The smallest absolute Gasteiger partial charge is 0.170 e. The lowest BCUT2D eigenvalue weighted by atomic mass is 10.9. The van der Waals surface area contributed by atoms with Crippen molar-refractivity contribution >= 4 is 5.78 Å². The molecule has 0 N–H and O–H groups in total. The summed E-state index contributed by atoms with van der Waals surface area (Å²) in [6.45, 7) is 0. The summed E-state index contributed by atoms with van der Waals surface area (Å²) in [5, 5.41) is 0. The quantitative estimate of drug-likeness (QED) is 0.404. The minimum absolute atomic E-state index is 0.167. The fourth-order valence-electron chi connectivity index (χ4n) is 0.118. The van der Waals surface area contributed by atoms with Crippen LogP contribution in [0.5, 0.6) is 0 Å². The van der Waals surface area contributed by atoms with Gasteiger partial charge >= 0.3 is 0 Å². The van der Waals surface area contributed by atoms with Gasteiger partial charge < -0.3 is 0 Å². The van der Waals surface area contributed by atoms with Crippen LogP contribution in [0.3, 0.4) is 0 Å². The maximum atomic E-state index is 11.2. The van der Waals surface area contributed by atoms with Gasteiger partial charge in [0, 0.05) is 6.42 Å². The molecule has 0 unspecified atom stereocenters. The minimum atomic E-state index is -1.09. The molecular weight excluding hydrogens is 71.0 g/mol.